The molecular formula is C10H9ClFN3. The van der Waals surface area contributed by atoms with Gasteiger partial charge in [-0.1, -0.05) is 17.7 Å². The summed E-state index contributed by atoms with van der Waals surface area (Å²) in [5, 5.41) is 2.95. The van der Waals surface area contributed by atoms with Crippen molar-refractivity contribution in [3.05, 3.63) is 41.4 Å². The van der Waals surface area contributed by atoms with E-state index in [0.717, 1.165) is 0 Å². The van der Waals surface area contributed by atoms with E-state index in [1.807, 2.05) is 7.05 Å². The first-order valence-corrected chi connectivity index (χ1v) is 4.74. The van der Waals surface area contributed by atoms with Crippen LogP contribution < -0.4 is 5.32 Å². The number of nitrogens with one attached hydrogen (secondary N) is 1. The second kappa shape index (κ2) is 3.90. The molecule has 0 spiro atoms. The van der Waals surface area contributed by atoms with Crippen molar-refractivity contribution in [2.24, 2.45) is 7.05 Å². The summed E-state index contributed by atoms with van der Waals surface area (Å²) >= 11 is 5.65. The van der Waals surface area contributed by atoms with Crippen molar-refractivity contribution < 1.29 is 4.39 Å². The molecule has 1 heterocycles. The molecule has 2 aromatic rings. The molecule has 0 aliphatic heterocycles. The lowest BCUT2D eigenvalue weighted by Crippen LogP contribution is -2.00. The smallest absolute Gasteiger partial charge is 0.207 e. The third-order valence-corrected chi connectivity index (χ3v) is 2.31. The van der Waals surface area contributed by atoms with Crippen molar-refractivity contribution >= 4 is 23.2 Å². The first-order valence-electron chi connectivity index (χ1n) is 4.37. The van der Waals surface area contributed by atoms with E-state index in [-0.39, 0.29) is 5.02 Å². The molecule has 0 aliphatic rings. The van der Waals surface area contributed by atoms with E-state index in [9.17, 15) is 4.39 Å². The first kappa shape index (κ1) is 9.98. The average molecular weight is 226 g/mol. The normalized spacial score (nSPS) is 10.3. The molecule has 78 valence electrons. The molecule has 0 unspecified atom stereocenters. The fraction of sp³-hybridized carbons (Fsp3) is 0.100. The van der Waals surface area contributed by atoms with Gasteiger partial charge in [0.15, 0.2) is 5.82 Å². The van der Waals surface area contributed by atoms with Gasteiger partial charge in [-0.15, -0.1) is 0 Å². The van der Waals surface area contributed by atoms with Crippen molar-refractivity contribution in [2.75, 3.05) is 5.32 Å². The second-order valence-electron chi connectivity index (χ2n) is 3.09. The van der Waals surface area contributed by atoms with Gasteiger partial charge in [0, 0.05) is 19.4 Å². The van der Waals surface area contributed by atoms with Gasteiger partial charge in [-0.2, -0.15) is 0 Å². The number of aromatic nitrogens is 2. The largest absolute Gasteiger partial charge is 0.323 e. The van der Waals surface area contributed by atoms with Crippen LogP contribution >= 0.6 is 11.6 Å². The van der Waals surface area contributed by atoms with E-state index >= 15 is 0 Å². The topological polar surface area (TPSA) is 29.9 Å². The highest BCUT2D eigenvalue weighted by Crippen LogP contribution is 2.24. The molecule has 0 atom stereocenters. The highest BCUT2D eigenvalue weighted by Gasteiger charge is 2.07. The molecule has 1 N–H and O–H groups in total. The van der Waals surface area contributed by atoms with E-state index in [2.05, 4.69) is 10.3 Å². The number of nitrogens with zero attached hydrogens (tertiary/aromatic N) is 2. The first-order chi connectivity index (χ1) is 7.18. The molecule has 1 aromatic heterocycles. The Morgan fingerprint density at radius 1 is 1.47 bits per heavy atom. The van der Waals surface area contributed by atoms with Crippen LogP contribution in [0.2, 0.25) is 5.02 Å². The van der Waals surface area contributed by atoms with Gasteiger partial charge >= 0.3 is 0 Å². The Morgan fingerprint density at radius 2 is 2.27 bits per heavy atom. The van der Waals surface area contributed by atoms with Gasteiger partial charge in [0.1, 0.15) is 0 Å². The SMILES string of the molecule is Cn1ccnc1Nc1cccc(Cl)c1F. The van der Waals surface area contributed by atoms with Gasteiger partial charge in [-0.05, 0) is 12.1 Å². The Balaban J connectivity index is 2.33. The van der Waals surface area contributed by atoms with Crippen molar-refractivity contribution in [1.29, 1.82) is 0 Å². The van der Waals surface area contributed by atoms with Crippen molar-refractivity contribution in [3.8, 4) is 0 Å². The van der Waals surface area contributed by atoms with Gasteiger partial charge in [-0.25, -0.2) is 9.37 Å². The quantitative estimate of drug-likeness (QED) is 0.852. The fourth-order valence-corrected chi connectivity index (χ4v) is 1.38. The second-order valence-corrected chi connectivity index (χ2v) is 3.50. The molecule has 15 heavy (non-hydrogen) atoms. The maximum Gasteiger partial charge on any atom is 0.207 e. The van der Waals surface area contributed by atoms with Crippen LogP contribution in [0.15, 0.2) is 30.6 Å². The number of anilines is 2. The minimum absolute atomic E-state index is 0.0919. The summed E-state index contributed by atoms with van der Waals surface area (Å²) in [7, 11) is 1.82. The predicted molar refractivity (Wildman–Crippen MR) is 57.9 cm³/mol. The van der Waals surface area contributed by atoms with E-state index in [0.29, 0.717) is 11.6 Å². The predicted octanol–water partition coefficient (Wildman–Crippen LogP) is 2.96. The highest BCUT2D eigenvalue weighted by atomic mass is 35.5. The van der Waals surface area contributed by atoms with Crippen molar-refractivity contribution in [3.63, 3.8) is 0 Å². The van der Waals surface area contributed by atoms with Crippen LogP contribution in [-0.2, 0) is 7.05 Å². The van der Waals surface area contributed by atoms with Crippen LogP contribution in [0.5, 0.6) is 0 Å². The molecule has 0 radical (unpaired) electrons. The number of hydrogen-bond donors (Lipinski definition) is 1. The zero-order chi connectivity index (χ0) is 10.8. The van der Waals surface area contributed by atoms with Crippen LogP contribution in [0.3, 0.4) is 0 Å². The minimum atomic E-state index is -0.470. The number of imidazole rings is 1. The van der Waals surface area contributed by atoms with Gasteiger partial charge in [-0.3, -0.25) is 0 Å². The lowest BCUT2D eigenvalue weighted by molar-refractivity contribution is 0.632. The lowest BCUT2D eigenvalue weighted by Gasteiger charge is -2.07. The van der Waals surface area contributed by atoms with Gasteiger partial charge in [0.25, 0.3) is 0 Å². The average Bonchev–Trinajstić information content (AvgIpc) is 2.60. The van der Waals surface area contributed by atoms with Crippen LogP contribution in [0.1, 0.15) is 0 Å². The molecular weight excluding hydrogens is 217 g/mol. The Labute approximate surface area is 91.5 Å². The molecule has 0 amide bonds. The fourth-order valence-electron chi connectivity index (χ4n) is 1.21. The van der Waals surface area contributed by atoms with Crippen molar-refractivity contribution in [1.82, 2.24) is 9.55 Å². The third-order valence-electron chi connectivity index (χ3n) is 2.02. The summed E-state index contributed by atoms with van der Waals surface area (Å²) in [5.74, 6) is 0.0957. The number of aryl methyl sites for hydroxylation is 1. The Morgan fingerprint density at radius 3 is 2.93 bits per heavy atom. The number of benzene rings is 1. The molecule has 3 nitrogen and oxygen atoms in total. The Kier molecular flexibility index (Phi) is 2.60. The molecule has 2 rings (SSSR count). The Hall–Kier alpha value is -1.55. The van der Waals surface area contributed by atoms with E-state index in [4.69, 9.17) is 11.6 Å². The van der Waals surface area contributed by atoms with E-state index in [1.165, 1.54) is 6.07 Å². The molecule has 0 saturated heterocycles. The molecule has 0 bridgehead atoms. The molecule has 0 fully saturated rings. The monoisotopic (exact) mass is 225 g/mol. The van der Waals surface area contributed by atoms with Crippen LogP contribution in [0, 0.1) is 5.82 Å². The zero-order valence-corrected chi connectivity index (χ0v) is 8.79. The zero-order valence-electron chi connectivity index (χ0n) is 8.04. The number of halogens is 2. The summed E-state index contributed by atoms with van der Waals surface area (Å²) in [6.07, 6.45) is 3.40. The van der Waals surface area contributed by atoms with Gasteiger partial charge in [0.05, 0.1) is 10.7 Å². The maximum atomic E-state index is 13.5. The van der Waals surface area contributed by atoms with Crippen LogP contribution in [-0.4, -0.2) is 9.55 Å². The van der Waals surface area contributed by atoms with Crippen LogP contribution in [0.25, 0.3) is 0 Å². The summed E-state index contributed by atoms with van der Waals surface area (Å²) in [6, 6.07) is 4.78. The molecule has 5 heteroatoms. The van der Waals surface area contributed by atoms with E-state index < -0.39 is 5.82 Å². The Bertz CT molecular complexity index is 481. The number of hydrogen-bond acceptors (Lipinski definition) is 2. The van der Waals surface area contributed by atoms with E-state index in [1.54, 1.807) is 29.1 Å². The number of rotatable bonds is 2. The van der Waals surface area contributed by atoms with Gasteiger partial charge < -0.3 is 9.88 Å². The minimum Gasteiger partial charge on any atom is -0.323 e. The summed E-state index contributed by atoms with van der Waals surface area (Å²) < 4.78 is 15.2. The van der Waals surface area contributed by atoms with Crippen LogP contribution in [0.4, 0.5) is 16.0 Å². The van der Waals surface area contributed by atoms with Gasteiger partial charge in [0.2, 0.25) is 5.95 Å². The molecule has 0 aliphatic carbocycles. The molecule has 1 aromatic carbocycles. The summed E-state index contributed by atoms with van der Waals surface area (Å²) in [5.41, 5.74) is 0.316. The summed E-state index contributed by atoms with van der Waals surface area (Å²) in [4.78, 5) is 4.02. The summed E-state index contributed by atoms with van der Waals surface area (Å²) in [6.45, 7) is 0. The third kappa shape index (κ3) is 1.94. The lowest BCUT2D eigenvalue weighted by atomic mass is 10.3. The maximum absolute atomic E-state index is 13.5. The van der Waals surface area contributed by atoms with Crippen molar-refractivity contribution in [2.45, 2.75) is 0 Å². The standard InChI is InChI=1S/C10H9ClFN3/c1-15-6-5-13-10(15)14-8-4-2-3-7(11)9(8)12/h2-6H,1H3,(H,13,14). The molecule has 0 saturated carbocycles. The highest BCUT2D eigenvalue weighted by molar-refractivity contribution is 6.31.